The summed E-state index contributed by atoms with van der Waals surface area (Å²) in [5.74, 6) is -1.52. The molecule has 7 heteroatoms. The number of carbonyl (C=O) groups excluding carboxylic acids is 2. The molecule has 0 bridgehead atoms. The van der Waals surface area contributed by atoms with E-state index in [0.29, 0.717) is 6.42 Å². The van der Waals surface area contributed by atoms with E-state index in [2.05, 4.69) is 21.2 Å². The van der Waals surface area contributed by atoms with E-state index in [9.17, 15) is 14.4 Å². The molecule has 0 aliphatic rings. The van der Waals surface area contributed by atoms with E-state index in [1.54, 1.807) is 0 Å². The monoisotopic (exact) mass is 384 g/mol. The average molecular weight is 385 g/mol. The fourth-order valence-corrected chi connectivity index (χ4v) is 2.33. The molecule has 1 aromatic rings. The lowest BCUT2D eigenvalue weighted by Gasteiger charge is -2.26. The van der Waals surface area contributed by atoms with Gasteiger partial charge in [-0.3, -0.25) is 9.59 Å². The van der Waals surface area contributed by atoms with Crippen LogP contribution in [0.25, 0.3) is 0 Å². The molecule has 0 aliphatic heterocycles. The predicted molar refractivity (Wildman–Crippen MR) is 90.0 cm³/mol. The van der Waals surface area contributed by atoms with Gasteiger partial charge in [-0.15, -0.1) is 0 Å². The fraction of sp³-hybridized carbons (Fsp3) is 0.438. The Morgan fingerprint density at radius 1 is 1.26 bits per heavy atom. The Morgan fingerprint density at radius 2 is 1.87 bits per heavy atom. The second-order valence-electron chi connectivity index (χ2n) is 5.21. The van der Waals surface area contributed by atoms with E-state index < -0.39 is 12.0 Å². The highest BCUT2D eigenvalue weighted by atomic mass is 79.9. The number of nitrogens with one attached hydrogen (secondary N) is 1. The van der Waals surface area contributed by atoms with E-state index in [4.69, 9.17) is 5.11 Å². The Hall–Kier alpha value is -1.89. The van der Waals surface area contributed by atoms with Gasteiger partial charge in [-0.2, -0.15) is 0 Å². The molecule has 0 spiro atoms. The third-order valence-electron chi connectivity index (χ3n) is 3.41. The SMILES string of the molecule is CC(=O)NCCN(C(=O)CCc1ccc(Br)cc1)C(C)C(=O)O. The number of amides is 2. The highest BCUT2D eigenvalue weighted by Gasteiger charge is 2.24. The van der Waals surface area contributed by atoms with Crippen molar-refractivity contribution in [3.8, 4) is 0 Å². The number of carboxylic acid groups (broad SMARTS) is 1. The minimum atomic E-state index is -1.06. The van der Waals surface area contributed by atoms with Gasteiger partial charge >= 0.3 is 5.97 Å². The first-order chi connectivity index (χ1) is 10.8. The maximum absolute atomic E-state index is 12.3. The summed E-state index contributed by atoms with van der Waals surface area (Å²) < 4.78 is 0.962. The second-order valence-corrected chi connectivity index (χ2v) is 6.13. The van der Waals surface area contributed by atoms with Crippen LogP contribution in [0.2, 0.25) is 0 Å². The van der Waals surface area contributed by atoms with Crippen LogP contribution in [0.15, 0.2) is 28.7 Å². The third-order valence-corrected chi connectivity index (χ3v) is 3.94. The highest BCUT2D eigenvalue weighted by Crippen LogP contribution is 2.13. The molecule has 0 radical (unpaired) electrons. The lowest BCUT2D eigenvalue weighted by Crippen LogP contribution is -2.46. The molecule has 0 saturated heterocycles. The average Bonchev–Trinajstić information content (AvgIpc) is 2.49. The van der Waals surface area contributed by atoms with Gasteiger partial charge in [-0.05, 0) is 31.0 Å². The number of halogens is 1. The van der Waals surface area contributed by atoms with Crippen LogP contribution in [0.5, 0.6) is 0 Å². The van der Waals surface area contributed by atoms with E-state index >= 15 is 0 Å². The Bertz CT molecular complexity index is 560. The standard InChI is InChI=1S/C16H21BrN2O4/c1-11(16(22)23)19(10-9-18-12(2)20)15(21)8-5-13-3-6-14(17)7-4-13/h3-4,6-7,11H,5,8-10H2,1-2H3,(H,18,20)(H,22,23). The van der Waals surface area contributed by atoms with E-state index in [-0.39, 0.29) is 31.3 Å². The zero-order chi connectivity index (χ0) is 17.4. The van der Waals surface area contributed by atoms with Crippen molar-refractivity contribution in [3.63, 3.8) is 0 Å². The zero-order valence-corrected chi connectivity index (χ0v) is 14.8. The van der Waals surface area contributed by atoms with Crippen molar-refractivity contribution >= 4 is 33.7 Å². The topological polar surface area (TPSA) is 86.7 Å². The summed E-state index contributed by atoms with van der Waals surface area (Å²) in [5, 5.41) is 11.7. The van der Waals surface area contributed by atoms with Gasteiger partial charge in [0.2, 0.25) is 11.8 Å². The summed E-state index contributed by atoms with van der Waals surface area (Å²) in [6, 6.07) is 6.70. The number of hydrogen-bond acceptors (Lipinski definition) is 3. The van der Waals surface area contributed by atoms with Gasteiger partial charge < -0.3 is 15.3 Å². The van der Waals surface area contributed by atoms with Crippen LogP contribution < -0.4 is 5.32 Å². The number of carboxylic acids is 1. The van der Waals surface area contributed by atoms with Crippen LogP contribution >= 0.6 is 15.9 Å². The molecular weight excluding hydrogens is 364 g/mol. The summed E-state index contributed by atoms with van der Waals surface area (Å²) in [5.41, 5.74) is 1.01. The molecule has 1 rings (SSSR count). The molecule has 6 nitrogen and oxygen atoms in total. The molecule has 0 aromatic heterocycles. The highest BCUT2D eigenvalue weighted by molar-refractivity contribution is 9.10. The van der Waals surface area contributed by atoms with Crippen molar-refractivity contribution in [2.24, 2.45) is 0 Å². The summed E-state index contributed by atoms with van der Waals surface area (Å²) in [4.78, 5) is 35.7. The Balaban J connectivity index is 2.64. The predicted octanol–water partition coefficient (Wildman–Crippen LogP) is 1.82. The minimum absolute atomic E-state index is 0.173. The summed E-state index contributed by atoms with van der Waals surface area (Å²) in [7, 11) is 0. The van der Waals surface area contributed by atoms with Crippen LogP contribution in [-0.2, 0) is 20.8 Å². The van der Waals surface area contributed by atoms with Gasteiger partial charge in [0.1, 0.15) is 6.04 Å². The molecular formula is C16H21BrN2O4. The molecule has 0 fully saturated rings. The minimum Gasteiger partial charge on any atom is -0.480 e. The third kappa shape index (κ3) is 6.81. The van der Waals surface area contributed by atoms with Gasteiger partial charge in [-0.25, -0.2) is 4.79 Å². The molecule has 0 saturated carbocycles. The molecule has 1 atom stereocenters. The van der Waals surface area contributed by atoms with E-state index in [0.717, 1.165) is 10.0 Å². The van der Waals surface area contributed by atoms with Crippen LogP contribution in [0.3, 0.4) is 0 Å². The number of carbonyl (C=O) groups is 3. The number of aliphatic carboxylic acids is 1. The molecule has 23 heavy (non-hydrogen) atoms. The molecule has 1 aromatic carbocycles. The van der Waals surface area contributed by atoms with Crippen molar-refractivity contribution in [3.05, 3.63) is 34.3 Å². The molecule has 2 amide bonds. The van der Waals surface area contributed by atoms with Gasteiger partial charge in [0, 0.05) is 30.9 Å². The van der Waals surface area contributed by atoms with Gasteiger partial charge in [0.15, 0.2) is 0 Å². The maximum atomic E-state index is 12.3. The first-order valence-corrected chi connectivity index (χ1v) is 8.11. The largest absolute Gasteiger partial charge is 0.480 e. The first kappa shape index (κ1) is 19.2. The van der Waals surface area contributed by atoms with E-state index in [1.165, 1.54) is 18.7 Å². The summed E-state index contributed by atoms with van der Waals surface area (Å²) in [6.07, 6.45) is 0.758. The molecule has 1 unspecified atom stereocenters. The van der Waals surface area contributed by atoms with Gasteiger partial charge in [0.05, 0.1) is 0 Å². The Kier molecular flexibility index (Phi) is 7.74. The van der Waals surface area contributed by atoms with Crippen LogP contribution in [0, 0.1) is 0 Å². The number of benzene rings is 1. The first-order valence-electron chi connectivity index (χ1n) is 7.32. The lowest BCUT2D eigenvalue weighted by molar-refractivity contribution is -0.149. The second kappa shape index (κ2) is 9.29. The number of nitrogens with zero attached hydrogens (tertiary/aromatic N) is 1. The van der Waals surface area contributed by atoms with Crippen molar-refractivity contribution < 1.29 is 19.5 Å². The maximum Gasteiger partial charge on any atom is 0.326 e. The van der Waals surface area contributed by atoms with Gasteiger partial charge in [-0.1, -0.05) is 28.1 Å². The number of aryl methyl sites for hydroxylation is 1. The number of hydrogen-bond donors (Lipinski definition) is 2. The van der Waals surface area contributed by atoms with Gasteiger partial charge in [0.25, 0.3) is 0 Å². The Labute approximate surface area is 144 Å². The smallest absolute Gasteiger partial charge is 0.326 e. The molecule has 0 aliphatic carbocycles. The van der Waals surface area contributed by atoms with Crippen molar-refractivity contribution in [1.82, 2.24) is 10.2 Å². The van der Waals surface area contributed by atoms with Crippen LogP contribution in [0.1, 0.15) is 25.8 Å². The number of rotatable bonds is 8. The Morgan fingerprint density at radius 3 is 2.39 bits per heavy atom. The quantitative estimate of drug-likeness (QED) is 0.715. The van der Waals surface area contributed by atoms with Crippen molar-refractivity contribution in [2.45, 2.75) is 32.7 Å². The van der Waals surface area contributed by atoms with Crippen molar-refractivity contribution in [1.29, 1.82) is 0 Å². The molecule has 126 valence electrons. The zero-order valence-electron chi connectivity index (χ0n) is 13.2. The van der Waals surface area contributed by atoms with E-state index in [1.807, 2.05) is 24.3 Å². The fourth-order valence-electron chi connectivity index (χ4n) is 2.07. The lowest BCUT2D eigenvalue weighted by atomic mass is 10.1. The van der Waals surface area contributed by atoms with Crippen LogP contribution in [0.4, 0.5) is 0 Å². The summed E-state index contributed by atoms with van der Waals surface area (Å²) in [6.45, 7) is 3.25. The van der Waals surface area contributed by atoms with Crippen molar-refractivity contribution in [2.75, 3.05) is 13.1 Å². The molecule has 0 heterocycles. The van der Waals surface area contributed by atoms with Crippen LogP contribution in [-0.4, -0.2) is 46.9 Å². The molecule has 2 N–H and O–H groups in total. The normalized spacial score (nSPS) is 11.6. The summed E-state index contributed by atoms with van der Waals surface area (Å²) >= 11 is 3.35.